The molecule has 0 aliphatic heterocycles. The van der Waals surface area contributed by atoms with E-state index in [-0.39, 0.29) is 12.5 Å². The van der Waals surface area contributed by atoms with Crippen molar-refractivity contribution in [1.29, 1.82) is 0 Å². The van der Waals surface area contributed by atoms with E-state index in [1.807, 2.05) is 54.6 Å². The second-order valence-electron chi connectivity index (χ2n) is 5.96. The number of rotatable bonds is 5. The van der Waals surface area contributed by atoms with Gasteiger partial charge in [-0.2, -0.15) is 0 Å². The van der Waals surface area contributed by atoms with E-state index in [4.69, 9.17) is 4.74 Å². The van der Waals surface area contributed by atoms with Crippen molar-refractivity contribution in [3.63, 3.8) is 0 Å². The minimum Gasteiger partial charge on any atom is -0.480 e. The number of carboxylic acids is 1. The van der Waals surface area contributed by atoms with Gasteiger partial charge in [0, 0.05) is 0 Å². The van der Waals surface area contributed by atoms with Crippen molar-refractivity contribution in [2.24, 2.45) is 5.92 Å². The van der Waals surface area contributed by atoms with Crippen molar-refractivity contribution in [1.82, 2.24) is 5.32 Å². The van der Waals surface area contributed by atoms with E-state index < -0.39 is 18.1 Å². The number of ether oxygens (including phenoxy) is 1. The highest BCUT2D eigenvalue weighted by Crippen LogP contribution is 2.28. The number of hydrogen-bond acceptors (Lipinski definition) is 3. The molecule has 1 atom stereocenters. The molecule has 0 bridgehead atoms. The molecule has 5 heteroatoms. The zero-order chi connectivity index (χ0) is 16.9. The van der Waals surface area contributed by atoms with Crippen LogP contribution in [0.4, 0.5) is 4.79 Å². The second kappa shape index (κ2) is 7.17. The smallest absolute Gasteiger partial charge is 0.408 e. The second-order valence-corrected chi connectivity index (χ2v) is 5.96. The number of benzene rings is 2. The molecule has 1 aliphatic rings. The molecule has 0 radical (unpaired) electrons. The molecule has 24 heavy (non-hydrogen) atoms. The molecule has 1 aliphatic carbocycles. The van der Waals surface area contributed by atoms with Gasteiger partial charge in [-0.15, -0.1) is 0 Å². The van der Waals surface area contributed by atoms with Gasteiger partial charge in [-0.05, 0) is 35.4 Å². The van der Waals surface area contributed by atoms with Gasteiger partial charge >= 0.3 is 12.1 Å². The molecule has 0 saturated heterocycles. The highest BCUT2D eigenvalue weighted by Gasteiger charge is 2.34. The normalized spacial score (nSPS) is 14.7. The van der Waals surface area contributed by atoms with E-state index in [0.29, 0.717) is 12.8 Å². The average Bonchev–Trinajstić information content (AvgIpc) is 3.02. The first-order valence-electron chi connectivity index (χ1n) is 7.90. The Morgan fingerprint density at radius 1 is 1.04 bits per heavy atom. The summed E-state index contributed by atoms with van der Waals surface area (Å²) in [5, 5.41) is 12.0. The van der Waals surface area contributed by atoms with Gasteiger partial charge in [0.15, 0.2) is 0 Å². The van der Waals surface area contributed by atoms with Crippen molar-refractivity contribution >= 4 is 12.1 Å². The maximum atomic E-state index is 12.0. The van der Waals surface area contributed by atoms with Crippen LogP contribution in [0, 0.1) is 5.92 Å². The van der Waals surface area contributed by atoms with E-state index >= 15 is 0 Å². The Bertz CT molecular complexity index is 704. The van der Waals surface area contributed by atoms with E-state index in [0.717, 1.165) is 16.7 Å². The standard InChI is InChI=1S/C19H19NO4/c21-18(22)17(16-10-14-8-4-5-9-15(14)11-16)20-19(23)24-12-13-6-2-1-3-7-13/h1-9,16-17H,10-12H2,(H,20,23)(H,21,22). The SMILES string of the molecule is O=C(NC(C(=O)O)C1Cc2ccccc2C1)OCc1ccccc1. The van der Waals surface area contributed by atoms with Crippen LogP contribution in [0.1, 0.15) is 16.7 Å². The van der Waals surface area contributed by atoms with E-state index in [1.165, 1.54) is 0 Å². The number of carboxylic acid groups (broad SMARTS) is 1. The first-order valence-corrected chi connectivity index (χ1v) is 7.90. The third kappa shape index (κ3) is 3.74. The van der Waals surface area contributed by atoms with Gasteiger partial charge in [-0.3, -0.25) is 0 Å². The highest BCUT2D eigenvalue weighted by atomic mass is 16.5. The summed E-state index contributed by atoms with van der Waals surface area (Å²) in [7, 11) is 0. The van der Waals surface area contributed by atoms with Crippen LogP contribution in [-0.2, 0) is 29.0 Å². The minimum atomic E-state index is -1.04. The number of hydrogen-bond donors (Lipinski definition) is 2. The first-order chi connectivity index (χ1) is 11.6. The van der Waals surface area contributed by atoms with Gasteiger partial charge in [-0.25, -0.2) is 9.59 Å². The van der Waals surface area contributed by atoms with E-state index in [2.05, 4.69) is 5.32 Å². The van der Waals surface area contributed by atoms with Crippen molar-refractivity contribution in [3.8, 4) is 0 Å². The van der Waals surface area contributed by atoms with Crippen LogP contribution < -0.4 is 5.32 Å². The molecule has 5 nitrogen and oxygen atoms in total. The number of fused-ring (bicyclic) bond motifs is 1. The molecule has 3 rings (SSSR count). The van der Waals surface area contributed by atoms with Crippen LogP contribution in [0.2, 0.25) is 0 Å². The first kappa shape index (κ1) is 16.1. The molecular weight excluding hydrogens is 306 g/mol. The van der Waals surface area contributed by atoms with Gasteiger partial charge in [0.05, 0.1) is 0 Å². The number of amides is 1. The number of aliphatic carboxylic acids is 1. The third-order valence-electron chi connectivity index (χ3n) is 4.31. The predicted molar refractivity (Wildman–Crippen MR) is 88.5 cm³/mol. The molecule has 0 aromatic heterocycles. The molecule has 2 aromatic carbocycles. The van der Waals surface area contributed by atoms with E-state index in [1.54, 1.807) is 0 Å². The van der Waals surface area contributed by atoms with Crippen molar-refractivity contribution < 1.29 is 19.4 Å². The lowest BCUT2D eigenvalue weighted by molar-refractivity contribution is -0.140. The molecule has 2 N–H and O–H groups in total. The Morgan fingerprint density at radius 2 is 1.62 bits per heavy atom. The van der Waals surface area contributed by atoms with E-state index in [9.17, 15) is 14.7 Å². The third-order valence-corrected chi connectivity index (χ3v) is 4.31. The summed E-state index contributed by atoms with van der Waals surface area (Å²) in [6.45, 7) is 0.115. The Hall–Kier alpha value is -2.82. The summed E-state index contributed by atoms with van der Waals surface area (Å²) in [6, 6.07) is 16.2. The summed E-state index contributed by atoms with van der Waals surface area (Å²) in [5.41, 5.74) is 3.15. The summed E-state index contributed by atoms with van der Waals surface area (Å²) in [4.78, 5) is 23.5. The van der Waals surface area contributed by atoms with Crippen molar-refractivity contribution in [3.05, 3.63) is 71.3 Å². The largest absolute Gasteiger partial charge is 0.480 e. The fraction of sp³-hybridized carbons (Fsp3) is 0.263. The average molecular weight is 325 g/mol. The number of nitrogens with one attached hydrogen (secondary N) is 1. The zero-order valence-corrected chi connectivity index (χ0v) is 13.1. The number of alkyl carbamates (subject to hydrolysis) is 1. The number of carbonyl (C=O) groups excluding carboxylic acids is 1. The summed E-state index contributed by atoms with van der Waals surface area (Å²) < 4.78 is 5.13. The van der Waals surface area contributed by atoms with Crippen LogP contribution in [0.15, 0.2) is 54.6 Å². The lowest BCUT2D eigenvalue weighted by Gasteiger charge is -2.20. The Labute approximate surface area is 140 Å². The Morgan fingerprint density at radius 3 is 2.21 bits per heavy atom. The van der Waals surface area contributed by atoms with Crippen LogP contribution in [0.3, 0.4) is 0 Å². The molecule has 2 aromatic rings. The minimum absolute atomic E-state index is 0.115. The summed E-state index contributed by atoms with van der Waals surface area (Å²) in [6.07, 6.45) is 0.584. The fourth-order valence-corrected chi connectivity index (χ4v) is 3.10. The fourth-order valence-electron chi connectivity index (χ4n) is 3.10. The van der Waals surface area contributed by atoms with Crippen LogP contribution in [-0.4, -0.2) is 23.2 Å². The van der Waals surface area contributed by atoms with Gasteiger partial charge < -0.3 is 15.2 Å². The van der Waals surface area contributed by atoms with Crippen LogP contribution in [0.5, 0.6) is 0 Å². The molecule has 124 valence electrons. The molecule has 0 heterocycles. The Kier molecular flexibility index (Phi) is 4.79. The number of carbonyl (C=O) groups is 2. The zero-order valence-electron chi connectivity index (χ0n) is 13.1. The molecular formula is C19H19NO4. The maximum absolute atomic E-state index is 12.0. The van der Waals surface area contributed by atoms with Gasteiger partial charge in [0.1, 0.15) is 12.6 Å². The Balaban J connectivity index is 1.59. The van der Waals surface area contributed by atoms with Crippen molar-refractivity contribution in [2.45, 2.75) is 25.5 Å². The van der Waals surface area contributed by atoms with Gasteiger partial charge in [0.25, 0.3) is 0 Å². The maximum Gasteiger partial charge on any atom is 0.408 e. The van der Waals surface area contributed by atoms with Crippen LogP contribution in [0.25, 0.3) is 0 Å². The molecule has 0 saturated carbocycles. The molecule has 0 fully saturated rings. The monoisotopic (exact) mass is 325 g/mol. The van der Waals surface area contributed by atoms with Gasteiger partial charge in [0.2, 0.25) is 0 Å². The summed E-state index contributed by atoms with van der Waals surface area (Å²) >= 11 is 0. The predicted octanol–water partition coefficient (Wildman–Crippen LogP) is 2.78. The molecule has 0 spiro atoms. The molecule has 1 unspecified atom stereocenters. The van der Waals surface area contributed by atoms with Crippen molar-refractivity contribution in [2.75, 3.05) is 0 Å². The lowest BCUT2D eigenvalue weighted by Crippen LogP contribution is -2.46. The van der Waals surface area contributed by atoms with Gasteiger partial charge in [-0.1, -0.05) is 54.6 Å². The highest BCUT2D eigenvalue weighted by molar-refractivity contribution is 5.80. The summed E-state index contributed by atoms with van der Waals surface area (Å²) in [5.74, 6) is -1.20. The van der Waals surface area contributed by atoms with Crippen LogP contribution >= 0.6 is 0 Å². The lowest BCUT2D eigenvalue weighted by atomic mass is 9.97. The topological polar surface area (TPSA) is 75.6 Å². The quantitative estimate of drug-likeness (QED) is 0.886. The molecule has 1 amide bonds.